The first kappa shape index (κ1) is 14.5. The molecule has 0 saturated carbocycles. The number of amides is 3. The third kappa shape index (κ3) is 6.06. The summed E-state index contributed by atoms with van der Waals surface area (Å²) in [6, 6.07) is 2.70. The first-order valence-corrected chi connectivity index (χ1v) is 5.58. The number of ether oxygens (including phenoxy) is 1. The van der Waals surface area contributed by atoms with Crippen LogP contribution >= 0.6 is 0 Å². The molecule has 0 unspecified atom stereocenters. The molecule has 0 atom stereocenters. The number of nitrogens with one attached hydrogen (secondary N) is 2. The average Bonchev–Trinajstić information content (AvgIpc) is 2.87. The van der Waals surface area contributed by atoms with Crippen molar-refractivity contribution in [1.29, 1.82) is 0 Å². The summed E-state index contributed by atoms with van der Waals surface area (Å²) in [6.07, 6.45) is 3.99. The Labute approximate surface area is 109 Å². The Morgan fingerprint density at radius 2 is 2.21 bits per heavy atom. The number of rotatable bonds is 5. The lowest BCUT2D eigenvalue weighted by Gasteiger charge is -2.04. The number of imide groups is 1. The van der Waals surface area contributed by atoms with Gasteiger partial charge in [-0.15, -0.1) is 0 Å². The monoisotopic (exact) mass is 266 g/mol. The predicted octanol–water partition coefficient (Wildman–Crippen LogP) is 0.682. The highest BCUT2D eigenvalue weighted by atomic mass is 16.5. The molecule has 19 heavy (non-hydrogen) atoms. The standard InChI is InChI=1S/C12H14N2O5/c1-2-13-12(17)14-10(15)8-19-11(16)6-5-9-4-3-7-18-9/h3-7H,2,8H2,1H3,(H2,13,14,15,17)/b6-5+. The molecule has 102 valence electrons. The van der Waals surface area contributed by atoms with Crippen LogP contribution in [0.4, 0.5) is 4.79 Å². The fraction of sp³-hybridized carbons (Fsp3) is 0.250. The quantitative estimate of drug-likeness (QED) is 0.603. The second kappa shape index (κ2) is 7.70. The van der Waals surface area contributed by atoms with E-state index in [9.17, 15) is 14.4 Å². The maximum Gasteiger partial charge on any atom is 0.331 e. The van der Waals surface area contributed by atoms with Crippen molar-refractivity contribution in [3.05, 3.63) is 30.2 Å². The fourth-order valence-corrected chi connectivity index (χ4v) is 1.09. The summed E-state index contributed by atoms with van der Waals surface area (Å²) in [4.78, 5) is 33.4. The summed E-state index contributed by atoms with van der Waals surface area (Å²) in [7, 11) is 0. The van der Waals surface area contributed by atoms with Crippen molar-refractivity contribution in [3.63, 3.8) is 0 Å². The van der Waals surface area contributed by atoms with Crippen LogP contribution in [0.2, 0.25) is 0 Å². The van der Waals surface area contributed by atoms with Gasteiger partial charge in [-0.2, -0.15) is 0 Å². The maximum absolute atomic E-state index is 11.2. The van der Waals surface area contributed by atoms with Crippen LogP contribution in [0.15, 0.2) is 28.9 Å². The van der Waals surface area contributed by atoms with Crippen molar-refractivity contribution in [3.8, 4) is 0 Å². The minimum absolute atomic E-state index is 0.394. The molecule has 0 bridgehead atoms. The van der Waals surface area contributed by atoms with Gasteiger partial charge in [0.05, 0.1) is 6.26 Å². The molecule has 0 aromatic carbocycles. The average molecular weight is 266 g/mol. The van der Waals surface area contributed by atoms with Crippen molar-refractivity contribution < 1.29 is 23.5 Å². The molecular weight excluding hydrogens is 252 g/mol. The zero-order valence-corrected chi connectivity index (χ0v) is 10.3. The second-order valence-corrected chi connectivity index (χ2v) is 3.36. The molecule has 0 aliphatic carbocycles. The summed E-state index contributed by atoms with van der Waals surface area (Å²) in [5.74, 6) is -0.920. The second-order valence-electron chi connectivity index (χ2n) is 3.36. The van der Waals surface area contributed by atoms with Gasteiger partial charge in [0.1, 0.15) is 5.76 Å². The van der Waals surface area contributed by atoms with E-state index in [4.69, 9.17) is 4.42 Å². The van der Waals surface area contributed by atoms with Crippen LogP contribution in [0.25, 0.3) is 6.08 Å². The fourth-order valence-electron chi connectivity index (χ4n) is 1.09. The van der Waals surface area contributed by atoms with Gasteiger partial charge in [0, 0.05) is 12.6 Å². The van der Waals surface area contributed by atoms with Gasteiger partial charge in [-0.05, 0) is 25.1 Å². The van der Waals surface area contributed by atoms with Gasteiger partial charge in [0.15, 0.2) is 6.61 Å². The molecule has 1 rings (SSSR count). The van der Waals surface area contributed by atoms with E-state index in [1.807, 2.05) is 5.32 Å². The Bertz CT molecular complexity index is 464. The van der Waals surface area contributed by atoms with Gasteiger partial charge in [0.2, 0.25) is 0 Å². The number of urea groups is 1. The summed E-state index contributed by atoms with van der Waals surface area (Å²) in [5.41, 5.74) is 0. The van der Waals surface area contributed by atoms with Crippen LogP contribution in [0, 0.1) is 0 Å². The van der Waals surface area contributed by atoms with E-state index in [1.54, 1.807) is 19.1 Å². The molecule has 3 amide bonds. The van der Waals surface area contributed by atoms with Crippen molar-refractivity contribution in [1.82, 2.24) is 10.6 Å². The molecule has 0 saturated heterocycles. The van der Waals surface area contributed by atoms with Gasteiger partial charge in [0.25, 0.3) is 5.91 Å². The number of hydrogen-bond acceptors (Lipinski definition) is 5. The Balaban J connectivity index is 2.26. The van der Waals surface area contributed by atoms with Crippen molar-refractivity contribution in [2.24, 2.45) is 0 Å². The minimum atomic E-state index is -0.706. The Kier molecular flexibility index (Phi) is 5.87. The van der Waals surface area contributed by atoms with E-state index < -0.39 is 24.5 Å². The zero-order chi connectivity index (χ0) is 14.1. The van der Waals surface area contributed by atoms with Crippen LogP contribution in [0.3, 0.4) is 0 Å². The van der Waals surface area contributed by atoms with E-state index >= 15 is 0 Å². The van der Waals surface area contributed by atoms with E-state index in [0.717, 1.165) is 6.08 Å². The topological polar surface area (TPSA) is 97.6 Å². The maximum atomic E-state index is 11.2. The van der Waals surface area contributed by atoms with Gasteiger partial charge >= 0.3 is 12.0 Å². The lowest BCUT2D eigenvalue weighted by Crippen LogP contribution is -2.41. The molecule has 2 N–H and O–H groups in total. The molecule has 1 aromatic heterocycles. The first-order chi connectivity index (χ1) is 9.11. The number of carbonyl (C=O) groups is 3. The van der Waals surface area contributed by atoms with E-state index in [1.165, 1.54) is 12.3 Å². The predicted molar refractivity (Wildman–Crippen MR) is 65.9 cm³/mol. The van der Waals surface area contributed by atoms with Crippen molar-refractivity contribution in [2.75, 3.05) is 13.2 Å². The van der Waals surface area contributed by atoms with Gasteiger partial charge < -0.3 is 14.5 Å². The smallest absolute Gasteiger partial charge is 0.331 e. The van der Waals surface area contributed by atoms with Crippen LogP contribution in [0.5, 0.6) is 0 Å². The lowest BCUT2D eigenvalue weighted by molar-refractivity contribution is -0.143. The molecular formula is C12H14N2O5. The third-order valence-corrected chi connectivity index (χ3v) is 1.86. The van der Waals surface area contributed by atoms with Crippen LogP contribution in [-0.2, 0) is 14.3 Å². The van der Waals surface area contributed by atoms with Crippen LogP contribution in [0.1, 0.15) is 12.7 Å². The lowest BCUT2D eigenvalue weighted by atomic mass is 10.4. The highest BCUT2D eigenvalue weighted by molar-refractivity contribution is 5.96. The molecule has 0 aliphatic rings. The highest BCUT2D eigenvalue weighted by Gasteiger charge is 2.08. The normalized spacial score (nSPS) is 10.2. The van der Waals surface area contributed by atoms with Gasteiger partial charge in [-0.3, -0.25) is 10.1 Å². The summed E-state index contributed by atoms with van der Waals surface area (Å²) in [5, 5.41) is 4.37. The number of hydrogen-bond donors (Lipinski definition) is 2. The molecule has 0 aliphatic heterocycles. The van der Waals surface area contributed by atoms with Crippen LogP contribution < -0.4 is 10.6 Å². The van der Waals surface area contributed by atoms with Gasteiger partial charge in [-0.1, -0.05) is 0 Å². The number of furan rings is 1. The van der Waals surface area contributed by atoms with Crippen molar-refractivity contribution >= 4 is 24.0 Å². The number of carbonyl (C=O) groups excluding carboxylic acids is 3. The first-order valence-electron chi connectivity index (χ1n) is 5.58. The number of esters is 1. The highest BCUT2D eigenvalue weighted by Crippen LogP contribution is 2.02. The molecule has 0 fully saturated rings. The summed E-state index contributed by atoms with van der Waals surface area (Å²) >= 11 is 0. The molecule has 1 aromatic rings. The molecule has 7 nitrogen and oxygen atoms in total. The van der Waals surface area contributed by atoms with Crippen molar-refractivity contribution in [2.45, 2.75) is 6.92 Å². The molecule has 7 heteroatoms. The minimum Gasteiger partial charge on any atom is -0.465 e. The van der Waals surface area contributed by atoms with Gasteiger partial charge in [-0.25, -0.2) is 9.59 Å². The SMILES string of the molecule is CCNC(=O)NC(=O)COC(=O)/C=C/c1ccco1. The molecule has 1 heterocycles. The Morgan fingerprint density at radius 3 is 2.84 bits per heavy atom. The summed E-state index contributed by atoms with van der Waals surface area (Å²) < 4.78 is 9.58. The van der Waals surface area contributed by atoms with E-state index in [2.05, 4.69) is 10.1 Å². The zero-order valence-electron chi connectivity index (χ0n) is 10.3. The van der Waals surface area contributed by atoms with E-state index in [-0.39, 0.29) is 0 Å². The third-order valence-electron chi connectivity index (χ3n) is 1.86. The largest absolute Gasteiger partial charge is 0.465 e. The van der Waals surface area contributed by atoms with Crippen LogP contribution in [-0.4, -0.2) is 31.1 Å². The Hall–Kier alpha value is -2.57. The molecule has 0 spiro atoms. The van der Waals surface area contributed by atoms with E-state index in [0.29, 0.717) is 12.3 Å². The Morgan fingerprint density at radius 1 is 1.42 bits per heavy atom. The molecule has 0 radical (unpaired) electrons. The summed E-state index contributed by atoms with van der Waals surface area (Å²) in [6.45, 7) is 1.58.